The molecule has 2 aromatic rings. The van der Waals surface area contributed by atoms with Crippen molar-refractivity contribution in [1.82, 2.24) is 4.98 Å². The molecule has 2 rings (SSSR count). The van der Waals surface area contributed by atoms with E-state index in [2.05, 4.69) is 11.6 Å². The lowest BCUT2D eigenvalue weighted by Gasteiger charge is -2.14. The van der Waals surface area contributed by atoms with Gasteiger partial charge in [-0.2, -0.15) is 13.2 Å². The Labute approximate surface area is 155 Å². The van der Waals surface area contributed by atoms with Crippen molar-refractivity contribution in [3.8, 4) is 11.6 Å². The minimum absolute atomic E-state index is 0.213. The molecule has 0 saturated carbocycles. The maximum atomic E-state index is 13.2. The fourth-order valence-corrected chi connectivity index (χ4v) is 2.22. The summed E-state index contributed by atoms with van der Waals surface area (Å²) in [5.41, 5.74) is -2.43. The van der Waals surface area contributed by atoms with Gasteiger partial charge in [0.25, 0.3) is 5.69 Å². The zero-order chi connectivity index (χ0) is 20.2. The van der Waals surface area contributed by atoms with Crippen LogP contribution in [-0.2, 0) is 10.9 Å². The normalized spacial score (nSPS) is 11.0. The highest BCUT2D eigenvalue weighted by Gasteiger charge is 2.38. The van der Waals surface area contributed by atoms with Gasteiger partial charge in [-0.05, 0) is 12.1 Å². The van der Waals surface area contributed by atoms with E-state index in [0.29, 0.717) is 0 Å². The first-order chi connectivity index (χ1) is 12.6. The monoisotopic (exact) mass is 402 g/mol. The summed E-state index contributed by atoms with van der Waals surface area (Å²) in [5, 5.41) is 10.4. The molecule has 0 saturated heterocycles. The lowest BCUT2D eigenvalue weighted by molar-refractivity contribution is -0.385. The van der Waals surface area contributed by atoms with Crippen LogP contribution in [0.5, 0.6) is 11.6 Å². The van der Waals surface area contributed by atoms with Crippen LogP contribution >= 0.6 is 11.6 Å². The number of halogens is 4. The smallest absolute Gasteiger partial charge is 0.423 e. The molecule has 1 aromatic carbocycles. The molecule has 0 amide bonds. The minimum atomic E-state index is -4.85. The summed E-state index contributed by atoms with van der Waals surface area (Å²) in [4.78, 5) is 25.7. The van der Waals surface area contributed by atoms with Gasteiger partial charge in [0.2, 0.25) is 5.88 Å². The zero-order valence-corrected chi connectivity index (χ0v) is 14.1. The van der Waals surface area contributed by atoms with Gasteiger partial charge in [0, 0.05) is 18.3 Å². The Morgan fingerprint density at radius 2 is 2.07 bits per heavy atom. The largest absolute Gasteiger partial charge is 0.458 e. The van der Waals surface area contributed by atoms with Crippen LogP contribution in [0.3, 0.4) is 0 Å². The van der Waals surface area contributed by atoms with E-state index in [4.69, 9.17) is 21.1 Å². The van der Waals surface area contributed by atoms with Crippen molar-refractivity contribution in [2.45, 2.75) is 6.18 Å². The van der Waals surface area contributed by atoms with Crippen LogP contribution in [-0.4, -0.2) is 22.5 Å². The van der Waals surface area contributed by atoms with Crippen molar-refractivity contribution in [3.05, 3.63) is 69.4 Å². The van der Waals surface area contributed by atoms with Gasteiger partial charge >= 0.3 is 12.1 Å². The van der Waals surface area contributed by atoms with E-state index in [9.17, 15) is 28.1 Å². The number of nitro benzene ring substituents is 1. The number of benzene rings is 1. The van der Waals surface area contributed by atoms with Crippen LogP contribution in [0.1, 0.15) is 15.9 Å². The molecule has 0 aliphatic rings. The molecule has 0 radical (unpaired) electrons. The third-order valence-electron chi connectivity index (χ3n) is 3.08. The number of alkyl halides is 3. The number of hydrogen-bond acceptors (Lipinski definition) is 6. The van der Waals surface area contributed by atoms with Gasteiger partial charge in [-0.25, -0.2) is 9.78 Å². The second-order valence-corrected chi connectivity index (χ2v) is 5.30. The van der Waals surface area contributed by atoms with Gasteiger partial charge in [0.05, 0.1) is 9.95 Å². The summed E-state index contributed by atoms with van der Waals surface area (Å²) in [7, 11) is 0. The number of nitro groups is 1. The molecule has 142 valence electrons. The molecule has 0 atom stereocenters. The molecular formula is C16H10ClF3N2O5. The van der Waals surface area contributed by atoms with Crippen LogP contribution in [0, 0.1) is 10.1 Å². The number of carbonyl (C=O) groups is 1. The number of aromatic nitrogens is 1. The lowest BCUT2D eigenvalue weighted by Crippen LogP contribution is -2.10. The van der Waals surface area contributed by atoms with Gasteiger partial charge in [0.15, 0.2) is 0 Å². The Balaban J connectivity index is 2.47. The molecule has 1 heterocycles. The Bertz CT molecular complexity index is 902. The second-order valence-electron chi connectivity index (χ2n) is 4.90. The van der Waals surface area contributed by atoms with Crippen LogP contribution < -0.4 is 4.74 Å². The van der Waals surface area contributed by atoms with Crippen molar-refractivity contribution < 1.29 is 32.4 Å². The lowest BCUT2D eigenvalue weighted by atomic mass is 10.1. The summed E-state index contributed by atoms with van der Waals surface area (Å²) < 4.78 is 49.3. The van der Waals surface area contributed by atoms with E-state index in [-0.39, 0.29) is 12.4 Å². The molecular weight excluding hydrogens is 393 g/mol. The van der Waals surface area contributed by atoms with Crippen molar-refractivity contribution >= 4 is 23.3 Å². The number of pyridine rings is 1. The van der Waals surface area contributed by atoms with Gasteiger partial charge < -0.3 is 9.47 Å². The molecule has 0 aliphatic heterocycles. The van der Waals surface area contributed by atoms with E-state index in [0.717, 1.165) is 30.5 Å². The van der Waals surface area contributed by atoms with Crippen molar-refractivity contribution in [2.75, 3.05) is 6.61 Å². The topological polar surface area (TPSA) is 91.6 Å². The molecule has 27 heavy (non-hydrogen) atoms. The highest BCUT2D eigenvalue weighted by atomic mass is 35.5. The first-order valence-electron chi connectivity index (χ1n) is 7.11. The third-order valence-corrected chi connectivity index (χ3v) is 3.40. The predicted molar refractivity (Wildman–Crippen MR) is 87.9 cm³/mol. The second kappa shape index (κ2) is 8.04. The van der Waals surface area contributed by atoms with Gasteiger partial charge in [-0.15, -0.1) is 0 Å². The standard InChI is InChI=1S/C16H10ClF3N2O5/c1-2-7-26-15(23)10-8-9(3-4-12(10)22(24)25)27-14-13(16(18,19)20)11(17)5-6-21-14/h2-6,8H,1,7H2. The van der Waals surface area contributed by atoms with Crippen LogP contribution in [0.2, 0.25) is 5.02 Å². The van der Waals surface area contributed by atoms with Crippen molar-refractivity contribution in [1.29, 1.82) is 0 Å². The van der Waals surface area contributed by atoms with Crippen molar-refractivity contribution in [3.63, 3.8) is 0 Å². The maximum absolute atomic E-state index is 13.2. The highest BCUT2D eigenvalue weighted by molar-refractivity contribution is 6.31. The quantitative estimate of drug-likeness (QED) is 0.298. The van der Waals surface area contributed by atoms with E-state index in [1.165, 1.54) is 6.08 Å². The zero-order valence-electron chi connectivity index (χ0n) is 13.3. The first kappa shape index (κ1) is 20.2. The molecule has 0 bridgehead atoms. The van der Waals surface area contributed by atoms with E-state index < -0.39 is 44.8 Å². The Morgan fingerprint density at radius 1 is 1.37 bits per heavy atom. The average molecular weight is 403 g/mol. The molecule has 0 fully saturated rings. The summed E-state index contributed by atoms with van der Waals surface area (Å²) in [6.45, 7) is 3.12. The number of hydrogen-bond donors (Lipinski definition) is 0. The number of rotatable bonds is 6. The van der Waals surface area contributed by atoms with Crippen LogP contribution in [0.25, 0.3) is 0 Å². The van der Waals surface area contributed by atoms with Crippen molar-refractivity contribution in [2.24, 2.45) is 0 Å². The van der Waals surface area contributed by atoms with E-state index in [1.807, 2.05) is 0 Å². The average Bonchev–Trinajstić information content (AvgIpc) is 2.58. The summed E-state index contributed by atoms with van der Waals surface area (Å²) in [5.74, 6) is -2.23. The number of esters is 1. The molecule has 11 heteroatoms. The highest BCUT2D eigenvalue weighted by Crippen LogP contribution is 2.41. The fourth-order valence-electron chi connectivity index (χ4n) is 1.98. The summed E-state index contributed by atoms with van der Waals surface area (Å²) in [6.07, 6.45) is -2.61. The van der Waals surface area contributed by atoms with Gasteiger partial charge in [-0.3, -0.25) is 10.1 Å². The third kappa shape index (κ3) is 4.73. The molecule has 0 spiro atoms. The first-order valence-corrected chi connectivity index (χ1v) is 7.49. The Morgan fingerprint density at radius 3 is 2.67 bits per heavy atom. The summed E-state index contributed by atoms with van der Waals surface area (Å²) >= 11 is 5.57. The number of ether oxygens (including phenoxy) is 2. The Kier molecular flexibility index (Phi) is 6.01. The molecule has 0 unspecified atom stereocenters. The van der Waals surface area contributed by atoms with E-state index in [1.54, 1.807) is 0 Å². The molecule has 0 aliphatic carbocycles. The fraction of sp³-hybridized carbons (Fsp3) is 0.125. The van der Waals surface area contributed by atoms with Crippen LogP contribution in [0.15, 0.2) is 43.1 Å². The van der Waals surface area contributed by atoms with Gasteiger partial charge in [0.1, 0.15) is 23.5 Å². The van der Waals surface area contributed by atoms with E-state index >= 15 is 0 Å². The SMILES string of the molecule is C=CCOC(=O)c1cc(Oc2nccc(Cl)c2C(F)(F)F)ccc1[N+](=O)[O-]. The summed E-state index contributed by atoms with van der Waals surface area (Å²) in [6, 6.07) is 3.74. The number of carbonyl (C=O) groups excluding carboxylic acids is 1. The minimum Gasteiger partial charge on any atom is -0.458 e. The van der Waals surface area contributed by atoms with Gasteiger partial charge in [-0.1, -0.05) is 24.3 Å². The predicted octanol–water partition coefficient (Wildman–Crippen LogP) is 4.80. The van der Waals surface area contributed by atoms with Crippen LogP contribution in [0.4, 0.5) is 18.9 Å². The maximum Gasteiger partial charge on any atom is 0.423 e. The molecule has 7 nitrogen and oxygen atoms in total. The Hall–Kier alpha value is -3.14. The number of nitrogens with zero attached hydrogens (tertiary/aromatic N) is 2. The molecule has 1 aromatic heterocycles. The molecule has 0 N–H and O–H groups in total.